The zero-order valence-electron chi connectivity index (χ0n) is 23.7. The summed E-state index contributed by atoms with van der Waals surface area (Å²) in [7, 11) is 0. The number of nitrogens with zero attached hydrogens (tertiary/aromatic N) is 1. The van der Waals surface area contributed by atoms with Gasteiger partial charge in [-0.15, -0.1) is 0 Å². The highest BCUT2D eigenvalue weighted by molar-refractivity contribution is 5.97. The summed E-state index contributed by atoms with van der Waals surface area (Å²) in [6.07, 6.45) is 10.1. The average Bonchev–Trinajstić information content (AvgIpc) is 3.43. The molecule has 206 valence electrons. The number of carboxylic acid groups (broad SMARTS) is 1. The van der Waals surface area contributed by atoms with E-state index in [2.05, 4.69) is 54.5 Å². The predicted molar refractivity (Wildman–Crippen MR) is 158 cm³/mol. The van der Waals surface area contributed by atoms with Crippen LogP contribution in [0, 0.1) is 18.8 Å². The van der Waals surface area contributed by atoms with E-state index >= 15 is 0 Å². The number of amides is 1. The molecule has 1 fully saturated rings. The quantitative estimate of drug-likeness (QED) is 0.264. The number of aliphatic carboxylic acids is 1. The normalized spacial score (nSPS) is 15.3. The van der Waals surface area contributed by atoms with Crippen molar-refractivity contribution in [1.82, 2.24) is 4.98 Å². The number of hydrogen-bond donors (Lipinski definition) is 2. The van der Waals surface area contributed by atoms with Crippen LogP contribution in [-0.4, -0.2) is 22.0 Å². The summed E-state index contributed by atoms with van der Waals surface area (Å²) in [5, 5.41) is 12.6. The van der Waals surface area contributed by atoms with Crippen molar-refractivity contribution in [1.29, 1.82) is 0 Å². The number of carbonyl (C=O) groups excluding carboxylic acids is 1. The van der Waals surface area contributed by atoms with E-state index in [1.54, 1.807) is 0 Å². The van der Waals surface area contributed by atoms with Gasteiger partial charge in [0.05, 0.1) is 12.3 Å². The molecular formula is C34H42N2O3. The lowest BCUT2D eigenvalue weighted by atomic mass is 9.83. The Kier molecular flexibility index (Phi) is 9.55. The van der Waals surface area contributed by atoms with Crippen LogP contribution in [0.4, 0.5) is 5.69 Å². The third-order valence-electron chi connectivity index (χ3n) is 8.18. The third-order valence-corrected chi connectivity index (χ3v) is 8.18. The van der Waals surface area contributed by atoms with E-state index in [1.807, 2.05) is 44.4 Å². The fourth-order valence-electron chi connectivity index (χ4n) is 6.17. The Morgan fingerprint density at radius 3 is 2.38 bits per heavy atom. The molecule has 5 nitrogen and oxygen atoms in total. The summed E-state index contributed by atoms with van der Waals surface area (Å²) in [6.45, 7) is 8.42. The van der Waals surface area contributed by atoms with Crippen LogP contribution in [-0.2, 0) is 16.0 Å². The maximum Gasteiger partial charge on any atom is 0.303 e. The molecule has 2 unspecified atom stereocenters. The molecular weight excluding hydrogens is 484 g/mol. The Hall–Kier alpha value is -3.47. The Bertz CT molecular complexity index is 1280. The minimum absolute atomic E-state index is 0.0155. The second-order valence-corrected chi connectivity index (χ2v) is 11.5. The Morgan fingerprint density at radius 2 is 1.74 bits per heavy atom. The molecule has 0 aliphatic heterocycles. The third kappa shape index (κ3) is 7.14. The molecule has 4 rings (SSSR count). The molecule has 1 heterocycles. The van der Waals surface area contributed by atoms with Gasteiger partial charge in [-0.05, 0) is 90.3 Å². The van der Waals surface area contributed by atoms with Gasteiger partial charge in [0.2, 0.25) is 5.91 Å². The van der Waals surface area contributed by atoms with E-state index < -0.39 is 5.97 Å². The first-order valence-electron chi connectivity index (χ1n) is 14.4. The van der Waals surface area contributed by atoms with Crippen molar-refractivity contribution in [3.63, 3.8) is 0 Å². The SMILES string of the molecule is CCC(CC(=O)O)c1cccc(NC(=O)C(c2ccc(-c3cncc(CC(C)C)c3)cc2)C2CCCC2)c1C. The second kappa shape index (κ2) is 13.1. The van der Waals surface area contributed by atoms with Crippen molar-refractivity contribution in [2.45, 2.75) is 84.5 Å². The molecule has 1 amide bonds. The van der Waals surface area contributed by atoms with Crippen LogP contribution in [0.2, 0.25) is 0 Å². The number of rotatable bonds is 11. The second-order valence-electron chi connectivity index (χ2n) is 11.5. The van der Waals surface area contributed by atoms with Crippen LogP contribution in [0.1, 0.15) is 93.4 Å². The highest BCUT2D eigenvalue weighted by atomic mass is 16.4. The molecule has 2 atom stereocenters. The first kappa shape index (κ1) is 28.5. The number of pyridine rings is 1. The first-order chi connectivity index (χ1) is 18.8. The fourth-order valence-corrected chi connectivity index (χ4v) is 6.17. The molecule has 39 heavy (non-hydrogen) atoms. The summed E-state index contributed by atoms with van der Waals surface area (Å²) >= 11 is 0. The molecule has 0 saturated heterocycles. The number of carbonyl (C=O) groups is 2. The highest BCUT2D eigenvalue weighted by Gasteiger charge is 2.32. The van der Waals surface area contributed by atoms with E-state index in [-0.39, 0.29) is 24.2 Å². The van der Waals surface area contributed by atoms with Crippen molar-refractivity contribution in [3.05, 3.63) is 83.2 Å². The van der Waals surface area contributed by atoms with Crippen LogP contribution in [0.3, 0.4) is 0 Å². The topological polar surface area (TPSA) is 79.3 Å². The van der Waals surface area contributed by atoms with E-state index in [4.69, 9.17) is 0 Å². The van der Waals surface area contributed by atoms with E-state index in [0.717, 1.165) is 72.0 Å². The lowest BCUT2D eigenvalue weighted by Gasteiger charge is -2.25. The minimum Gasteiger partial charge on any atom is -0.481 e. The molecule has 2 aromatic carbocycles. The maximum absolute atomic E-state index is 13.9. The molecule has 0 spiro atoms. The van der Waals surface area contributed by atoms with Gasteiger partial charge in [-0.3, -0.25) is 14.6 Å². The van der Waals surface area contributed by atoms with Crippen LogP contribution < -0.4 is 5.32 Å². The molecule has 1 saturated carbocycles. The van der Waals surface area contributed by atoms with Gasteiger partial charge in [0.25, 0.3) is 0 Å². The van der Waals surface area contributed by atoms with Gasteiger partial charge in [0.15, 0.2) is 0 Å². The Labute approximate surface area is 233 Å². The summed E-state index contributed by atoms with van der Waals surface area (Å²) < 4.78 is 0. The van der Waals surface area contributed by atoms with Gasteiger partial charge < -0.3 is 10.4 Å². The zero-order chi connectivity index (χ0) is 27.9. The van der Waals surface area contributed by atoms with E-state index in [0.29, 0.717) is 11.8 Å². The molecule has 3 aromatic rings. The van der Waals surface area contributed by atoms with Gasteiger partial charge >= 0.3 is 5.97 Å². The standard InChI is InChI=1S/C34H42N2O3/c1-5-25(19-32(37)38)30-11-8-12-31(23(30)4)36-34(39)33(27-9-6-7-10-27)28-15-13-26(14-16-28)29-18-24(17-22(2)3)20-35-21-29/h8,11-16,18,20-22,25,27,33H,5-7,9-10,17,19H2,1-4H3,(H,36,39)(H,37,38). The fraction of sp³-hybridized carbons (Fsp3) is 0.441. The van der Waals surface area contributed by atoms with Crippen LogP contribution in [0.25, 0.3) is 11.1 Å². The molecule has 0 radical (unpaired) electrons. The van der Waals surface area contributed by atoms with Crippen molar-refractivity contribution < 1.29 is 14.7 Å². The Morgan fingerprint density at radius 1 is 1.03 bits per heavy atom. The van der Waals surface area contributed by atoms with E-state index in [9.17, 15) is 14.7 Å². The molecule has 2 N–H and O–H groups in total. The lowest BCUT2D eigenvalue weighted by Crippen LogP contribution is -2.27. The van der Waals surface area contributed by atoms with Gasteiger partial charge in [-0.25, -0.2) is 0 Å². The lowest BCUT2D eigenvalue weighted by molar-refractivity contribution is -0.137. The number of carboxylic acids is 1. The van der Waals surface area contributed by atoms with Crippen LogP contribution >= 0.6 is 0 Å². The zero-order valence-corrected chi connectivity index (χ0v) is 23.7. The molecule has 1 aliphatic carbocycles. The Balaban J connectivity index is 1.59. The van der Waals surface area contributed by atoms with Crippen molar-refractivity contribution in [2.24, 2.45) is 11.8 Å². The summed E-state index contributed by atoms with van der Waals surface area (Å²) in [5.41, 5.74) is 7.20. The van der Waals surface area contributed by atoms with Gasteiger partial charge in [0, 0.05) is 23.6 Å². The van der Waals surface area contributed by atoms with Gasteiger partial charge in [-0.1, -0.05) is 70.0 Å². The molecule has 5 heteroatoms. The largest absolute Gasteiger partial charge is 0.481 e. The number of aromatic nitrogens is 1. The monoisotopic (exact) mass is 526 g/mol. The average molecular weight is 527 g/mol. The minimum atomic E-state index is -0.803. The predicted octanol–water partition coefficient (Wildman–Crippen LogP) is 8.14. The van der Waals surface area contributed by atoms with Gasteiger partial charge in [0.1, 0.15) is 0 Å². The highest BCUT2D eigenvalue weighted by Crippen LogP contribution is 2.39. The molecule has 1 aromatic heterocycles. The van der Waals surface area contributed by atoms with Crippen molar-refractivity contribution in [3.8, 4) is 11.1 Å². The number of anilines is 1. The smallest absolute Gasteiger partial charge is 0.303 e. The molecule has 1 aliphatic rings. The maximum atomic E-state index is 13.9. The van der Waals surface area contributed by atoms with Gasteiger partial charge in [-0.2, -0.15) is 0 Å². The summed E-state index contributed by atoms with van der Waals surface area (Å²) in [4.78, 5) is 29.7. The number of hydrogen-bond acceptors (Lipinski definition) is 3. The number of nitrogens with one attached hydrogen (secondary N) is 1. The van der Waals surface area contributed by atoms with Crippen LogP contribution in [0.15, 0.2) is 60.9 Å². The van der Waals surface area contributed by atoms with Crippen molar-refractivity contribution in [2.75, 3.05) is 5.32 Å². The van der Waals surface area contributed by atoms with Crippen molar-refractivity contribution >= 4 is 17.6 Å². The molecule has 0 bridgehead atoms. The van der Waals surface area contributed by atoms with E-state index in [1.165, 1.54) is 5.56 Å². The first-order valence-corrected chi connectivity index (χ1v) is 14.4. The summed E-state index contributed by atoms with van der Waals surface area (Å²) in [6, 6.07) is 16.5. The van der Waals surface area contributed by atoms with Crippen LogP contribution in [0.5, 0.6) is 0 Å². The number of benzene rings is 2. The summed E-state index contributed by atoms with van der Waals surface area (Å²) in [5.74, 6) is -0.207.